The summed E-state index contributed by atoms with van der Waals surface area (Å²) in [7, 11) is 1.95. The SMILES string of the molecule is [2H]c1c[n+](C)c(-c2c(C)ccc3c2oc2cc([N+]#[C-])c(C)cc23)cc1C. The summed E-state index contributed by atoms with van der Waals surface area (Å²) in [5.74, 6) is 0. The highest BCUT2D eigenvalue weighted by molar-refractivity contribution is 6.10. The van der Waals surface area contributed by atoms with Gasteiger partial charge in [0.25, 0.3) is 0 Å². The van der Waals surface area contributed by atoms with E-state index in [1.54, 1.807) is 0 Å². The molecule has 122 valence electrons. The fourth-order valence-corrected chi connectivity index (χ4v) is 3.39. The second-order valence-electron chi connectivity index (χ2n) is 6.58. The van der Waals surface area contributed by atoms with Crippen molar-refractivity contribution in [2.75, 3.05) is 0 Å². The van der Waals surface area contributed by atoms with Crippen LogP contribution in [0.5, 0.6) is 0 Å². The molecule has 0 fully saturated rings. The Morgan fingerprint density at radius 2 is 1.88 bits per heavy atom. The minimum Gasteiger partial charge on any atom is -0.456 e. The maximum atomic E-state index is 8.02. The van der Waals surface area contributed by atoms with Crippen molar-refractivity contribution in [3.63, 3.8) is 0 Å². The fraction of sp³-hybridized carbons (Fsp3) is 0.182. The van der Waals surface area contributed by atoms with Crippen LogP contribution in [-0.2, 0) is 7.05 Å². The molecule has 0 saturated heterocycles. The maximum Gasteiger partial charge on any atom is 0.216 e. The van der Waals surface area contributed by atoms with Gasteiger partial charge in [-0.1, -0.05) is 18.2 Å². The van der Waals surface area contributed by atoms with Crippen LogP contribution in [0.1, 0.15) is 18.1 Å². The van der Waals surface area contributed by atoms with Crippen LogP contribution in [0, 0.1) is 27.3 Å². The Hall–Kier alpha value is -3.12. The van der Waals surface area contributed by atoms with Crippen LogP contribution in [-0.4, -0.2) is 0 Å². The number of rotatable bonds is 1. The van der Waals surface area contributed by atoms with Gasteiger partial charge in [-0.05, 0) is 43.5 Å². The van der Waals surface area contributed by atoms with E-state index < -0.39 is 0 Å². The molecule has 3 heteroatoms. The van der Waals surface area contributed by atoms with Gasteiger partial charge < -0.3 is 4.42 Å². The average Bonchev–Trinajstić information content (AvgIpc) is 2.95. The summed E-state index contributed by atoms with van der Waals surface area (Å²) in [5, 5.41) is 2.08. The third-order valence-corrected chi connectivity index (χ3v) is 4.76. The molecule has 0 radical (unpaired) electrons. The van der Waals surface area contributed by atoms with Gasteiger partial charge in [0.1, 0.15) is 18.2 Å². The van der Waals surface area contributed by atoms with Gasteiger partial charge in [-0.2, -0.15) is 0 Å². The summed E-state index contributed by atoms with van der Waals surface area (Å²) in [6.45, 7) is 13.3. The molecule has 0 aliphatic heterocycles. The molecule has 3 nitrogen and oxygen atoms in total. The number of aryl methyl sites for hydroxylation is 4. The molecule has 0 saturated carbocycles. The van der Waals surface area contributed by atoms with Crippen molar-refractivity contribution in [1.82, 2.24) is 0 Å². The molecule has 0 unspecified atom stereocenters. The number of nitrogens with zero attached hydrogens (tertiary/aromatic N) is 2. The first-order valence-electron chi connectivity index (χ1n) is 8.72. The highest BCUT2D eigenvalue weighted by atomic mass is 16.3. The highest BCUT2D eigenvalue weighted by Crippen LogP contribution is 2.39. The van der Waals surface area contributed by atoms with E-state index in [-0.39, 0.29) is 0 Å². The zero-order valence-corrected chi connectivity index (χ0v) is 14.8. The van der Waals surface area contributed by atoms with Crippen LogP contribution < -0.4 is 4.57 Å². The molecule has 0 amide bonds. The first-order chi connectivity index (χ1) is 12.4. The van der Waals surface area contributed by atoms with Crippen LogP contribution in [0.15, 0.2) is 47.0 Å². The van der Waals surface area contributed by atoms with Crippen molar-refractivity contribution in [2.24, 2.45) is 7.05 Å². The van der Waals surface area contributed by atoms with Crippen molar-refractivity contribution in [3.8, 4) is 11.3 Å². The van der Waals surface area contributed by atoms with Crippen molar-refractivity contribution in [3.05, 3.63) is 70.7 Å². The third-order valence-electron chi connectivity index (χ3n) is 4.76. The van der Waals surface area contributed by atoms with Crippen molar-refractivity contribution < 1.29 is 10.4 Å². The third kappa shape index (κ3) is 2.30. The van der Waals surface area contributed by atoms with Gasteiger partial charge in [0.2, 0.25) is 5.69 Å². The zero-order chi connectivity index (χ0) is 18.6. The average molecular weight is 328 g/mol. The lowest BCUT2D eigenvalue weighted by Gasteiger charge is -2.06. The number of pyridine rings is 1. The minimum absolute atomic E-state index is 0.517. The predicted molar refractivity (Wildman–Crippen MR) is 101 cm³/mol. The van der Waals surface area contributed by atoms with Gasteiger partial charge in [0.05, 0.1) is 13.5 Å². The summed E-state index contributed by atoms with van der Waals surface area (Å²) in [5.41, 5.74) is 7.23. The largest absolute Gasteiger partial charge is 0.456 e. The molecule has 2 aromatic heterocycles. The van der Waals surface area contributed by atoms with Crippen LogP contribution >= 0.6 is 0 Å². The normalized spacial score (nSPS) is 11.7. The first-order valence-corrected chi connectivity index (χ1v) is 8.22. The van der Waals surface area contributed by atoms with Crippen LogP contribution in [0.3, 0.4) is 0 Å². The van der Waals surface area contributed by atoms with Gasteiger partial charge in [-0.15, -0.1) is 0 Å². The fourth-order valence-electron chi connectivity index (χ4n) is 3.39. The molecule has 0 atom stereocenters. The van der Waals surface area contributed by atoms with E-state index in [9.17, 15) is 0 Å². The van der Waals surface area contributed by atoms with Crippen LogP contribution in [0.2, 0.25) is 0 Å². The molecule has 0 spiro atoms. The Labute approximate surface area is 148 Å². The summed E-state index contributed by atoms with van der Waals surface area (Å²) in [6.07, 6.45) is 1.83. The lowest BCUT2D eigenvalue weighted by atomic mass is 9.99. The monoisotopic (exact) mass is 328 g/mol. The second-order valence-corrected chi connectivity index (χ2v) is 6.58. The van der Waals surface area contributed by atoms with Gasteiger partial charge in [0.15, 0.2) is 11.9 Å². The number of fused-ring (bicyclic) bond motifs is 3. The Morgan fingerprint density at radius 1 is 1.08 bits per heavy atom. The molecule has 4 aromatic rings. The number of benzene rings is 2. The standard InChI is InChI=1S/C22H19N2O/c1-13-8-9-24(5)19(10-13)21-14(2)6-7-16-17-11-15(3)18(23-4)12-20(17)25-22(16)21/h6-12H,1-3,5H3/q+1/i8D. The van der Waals surface area contributed by atoms with Gasteiger partial charge in [0, 0.05) is 22.9 Å². The van der Waals surface area contributed by atoms with E-state index in [1.165, 1.54) is 0 Å². The molecular formula is C22H19N2O+. The molecule has 4 rings (SSSR count). The molecule has 2 heterocycles. The Morgan fingerprint density at radius 3 is 2.64 bits per heavy atom. The lowest BCUT2D eigenvalue weighted by Crippen LogP contribution is -2.30. The summed E-state index contributed by atoms with van der Waals surface area (Å²) >= 11 is 0. The van der Waals surface area contributed by atoms with Gasteiger partial charge >= 0.3 is 0 Å². The second kappa shape index (κ2) is 5.46. The predicted octanol–water partition coefficient (Wildman–Crippen LogP) is 5.55. The van der Waals surface area contributed by atoms with E-state index in [4.69, 9.17) is 12.4 Å². The summed E-state index contributed by atoms with van der Waals surface area (Å²) < 4.78 is 16.2. The smallest absolute Gasteiger partial charge is 0.216 e. The topological polar surface area (TPSA) is 21.4 Å². The lowest BCUT2D eigenvalue weighted by molar-refractivity contribution is -0.660. The Balaban J connectivity index is 2.13. The highest BCUT2D eigenvalue weighted by Gasteiger charge is 2.21. The van der Waals surface area contributed by atoms with Gasteiger partial charge in [-0.3, -0.25) is 0 Å². The Bertz CT molecular complexity index is 1250. The molecule has 2 aromatic carbocycles. The van der Waals surface area contributed by atoms with E-state index in [0.29, 0.717) is 11.7 Å². The molecular weight excluding hydrogens is 308 g/mol. The molecule has 0 N–H and O–H groups in total. The number of hydrogen-bond acceptors (Lipinski definition) is 1. The van der Waals surface area contributed by atoms with E-state index in [2.05, 4.69) is 23.9 Å². The Kier molecular flexibility index (Phi) is 3.11. The van der Waals surface area contributed by atoms with Crippen molar-refractivity contribution in [1.29, 1.82) is 0 Å². The van der Waals surface area contributed by atoms with Crippen molar-refractivity contribution >= 4 is 27.6 Å². The van der Waals surface area contributed by atoms with E-state index >= 15 is 0 Å². The van der Waals surface area contributed by atoms with Crippen LogP contribution in [0.25, 0.3) is 38.0 Å². The number of furan rings is 1. The van der Waals surface area contributed by atoms with E-state index in [1.807, 2.05) is 49.9 Å². The van der Waals surface area contributed by atoms with Crippen LogP contribution in [0.4, 0.5) is 5.69 Å². The van der Waals surface area contributed by atoms with Crippen molar-refractivity contribution in [2.45, 2.75) is 20.8 Å². The molecule has 0 aliphatic rings. The summed E-state index contributed by atoms with van der Waals surface area (Å²) in [4.78, 5) is 3.59. The number of aromatic nitrogens is 1. The first kappa shape index (κ1) is 14.2. The van der Waals surface area contributed by atoms with Gasteiger partial charge in [-0.25, -0.2) is 9.41 Å². The summed E-state index contributed by atoms with van der Waals surface area (Å²) in [6, 6.07) is 10.6. The quantitative estimate of drug-likeness (QED) is 0.331. The molecule has 25 heavy (non-hydrogen) atoms. The molecule has 0 aliphatic carbocycles. The number of hydrogen-bond donors (Lipinski definition) is 0. The molecule has 0 bridgehead atoms. The maximum absolute atomic E-state index is 8.02. The van der Waals surface area contributed by atoms with E-state index in [0.717, 1.165) is 49.9 Å². The zero-order valence-electron chi connectivity index (χ0n) is 15.8. The minimum atomic E-state index is 0.517.